The lowest BCUT2D eigenvalue weighted by atomic mass is 9.77. The van der Waals surface area contributed by atoms with Crippen molar-refractivity contribution in [2.45, 2.75) is 60.3 Å². The summed E-state index contributed by atoms with van der Waals surface area (Å²) in [6.07, 6.45) is 4.34. The van der Waals surface area contributed by atoms with Gasteiger partial charge in [-0.15, -0.1) is 0 Å². The van der Waals surface area contributed by atoms with Gasteiger partial charge in [-0.3, -0.25) is 4.79 Å². The van der Waals surface area contributed by atoms with Crippen LogP contribution in [0.5, 0.6) is 0 Å². The van der Waals surface area contributed by atoms with Crippen molar-refractivity contribution in [3.05, 3.63) is 0 Å². The van der Waals surface area contributed by atoms with E-state index in [1.54, 1.807) is 0 Å². The third-order valence-electron chi connectivity index (χ3n) is 2.88. The van der Waals surface area contributed by atoms with Crippen LogP contribution < -0.4 is 0 Å². The zero-order valence-electron chi connectivity index (χ0n) is 9.81. The van der Waals surface area contributed by atoms with Crippen molar-refractivity contribution in [1.82, 2.24) is 0 Å². The fraction of sp³-hybridized carbons (Fsp3) is 0.917. The lowest BCUT2D eigenvalue weighted by Crippen LogP contribution is -2.29. The van der Waals surface area contributed by atoms with Crippen LogP contribution in [0.15, 0.2) is 0 Å². The second-order valence-electron chi connectivity index (χ2n) is 4.66. The van der Waals surface area contributed by atoms with Gasteiger partial charge in [-0.25, -0.2) is 0 Å². The van der Waals surface area contributed by atoms with Crippen LogP contribution in [0.1, 0.15) is 60.3 Å². The SMILES string of the molecule is CCCCC(C)(C)C(=O)C(C)CC. The molecule has 0 aliphatic rings. The highest BCUT2D eigenvalue weighted by atomic mass is 16.1. The smallest absolute Gasteiger partial charge is 0.141 e. The lowest BCUT2D eigenvalue weighted by molar-refractivity contribution is -0.131. The van der Waals surface area contributed by atoms with Crippen LogP contribution in [-0.4, -0.2) is 5.78 Å². The summed E-state index contributed by atoms with van der Waals surface area (Å²) < 4.78 is 0. The number of hydrogen-bond acceptors (Lipinski definition) is 1. The van der Waals surface area contributed by atoms with Gasteiger partial charge < -0.3 is 0 Å². The molecule has 1 nitrogen and oxygen atoms in total. The third-order valence-corrected chi connectivity index (χ3v) is 2.88. The summed E-state index contributed by atoms with van der Waals surface area (Å²) in [5, 5.41) is 0. The maximum atomic E-state index is 11.9. The van der Waals surface area contributed by atoms with E-state index >= 15 is 0 Å². The molecule has 0 radical (unpaired) electrons. The number of Topliss-reactive ketones (excluding diaryl/α,β-unsaturated/α-hetero) is 1. The largest absolute Gasteiger partial charge is 0.299 e. The minimum Gasteiger partial charge on any atom is -0.299 e. The Bertz CT molecular complexity index is 159. The number of rotatable bonds is 6. The number of hydrogen-bond donors (Lipinski definition) is 0. The fourth-order valence-electron chi connectivity index (χ4n) is 1.59. The second-order valence-corrected chi connectivity index (χ2v) is 4.66. The van der Waals surface area contributed by atoms with Crippen molar-refractivity contribution in [3.8, 4) is 0 Å². The minimum absolute atomic E-state index is 0.106. The molecular formula is C12H24O. The normalized spacial score (nSPS) is 14.2. The Balaban J connectivity index is 4.18. The molecule has 0 saturated carbocycles. The number of carbonyl (C=O) groups is 1. The number of unbranched alkanes of at least 4 members (excludes halogenated alkanes) is 1. The molecule has 1 atom stereocenters. The van der Waals surface area contributed by atoms with Crippen molar-refractivity contribution in [2.24, 2.45) is 11.3 Å². The van der Waals surface area contributed by atoms with Crippen molar-refractivity contribution in [3.63, 3.8) is 0 Å². The standard InChI is InChI=1S/C12H24O/c1-6-8-9-12(4,5)11(13)10(3)7-2/h10H,6-9H2,1-5H3. The van der Waals surface area contributed by atoms with E-state index in [4.69, 9.17) is 0 Å². The predicted molar refractivity (Wildman–Crippen MR) is 57.8 cm³/mol. The molecule has 1 unspecified atom stereocenters. The molecule has 0 aliphatic carbocycles. The molecule has 0 aromatic carbocycles. The molecular weight excluding hydrogens is 160 g/mol. The predicted octanol–water partition coefficient (Wildman–Crippen LogP) is 3.82. The summed E-state index contributed by atoms with van der Waals surface area (Å²) in [6.45, 7) is 10.5. The van der Waals surface area contributed by atoms with E-state index in [-0.39, 0.29) is 11.3 Å². The van der Waals surface area contributed by atoms with Crippen LogP contribution in [0.2, 0.25) is 0 Å². The van der Waals surface area contributed by atoms with E-state index in [0.29, 0.717) is 5.78 Å². The molecule has 0 amide bonds. The van der Waals surface area contributed by atoms with Crippen molar-refractivity contribution >= 4 is 5.78 Å². The van der Waals surface area contributed by atoms with Crippen LogP contribution in [0.3, 0.4) is 0 Å². The highest BCUT2D eigenvalue weighted by Crippen LogP contribution is 2.28. The van der Waals surface area contributed by atoms with Crippen LogP contribution in [0, 0.1) is 11.3 Å². The quantitative estimate of drug-likeness (QED) is 0.613. The molecule has 0 N–H and O–H groups in total. The van der Waals surface area contributed by atoms with E-state index in [1.165, 1.54) is 6.42 Å². The molecule has 0 aromatic heterocycles. The van der Waals surface area contributed by atoms with Gasteiger partial charge in [-0.05, 0) is 12.8 Å². The lowest BCUT2D eigenvalue weighted by Gasteiger charge is -2.25. The molecule has 13 heavy (non-hydrogen) atoms. The van der Waals surface area contributed by atoms with Gasteiger partial charge in [0.2, 0.25) is 0 Å². The molecule has 78 valence electrons. The van der Waals surface area contributed by atoms with Crippen LogP contribution in [0.4, 0.5) is 0 Å². The van der Waals surface area contributed by atoms with Gasteiger partial charge in [0.05, 0.1) is 0 Å². The van der Waals surface area contributed by atoms with Crippen molar-refractivity contribution in [2.75, 3.05) is 0 Å². The van der Waals surface area contributed by atoms with Gasteiger partial charge in [0.15, 0.2) is 0 Å². The second kappa shape index (κ2) is 5.41. The zero-order chi connectivity index (χ0) is 10.5. The molecule has 0 aliphatic heterocycles. The van der Waals surface area contributed by atoms with Gasteiger partial charge in [0.25, 0.3) is 0 Å². The summed E-state index contributed by atoms with van der Waals surface area (Å²) in [5.74, 6) is 0.662. The zero-order valence-corrected chi connectivity index (χ0v) is 9.81. The maximum absolute atomic E-state index is 11.9. The molecule has 0 bridgehead atoms. The van der Waals surface area contributed by atoms with Gasteiger partial charge in [0, 0.05) is 11.3 Å². The van der Waals surface area contributed by atoms with E-state index in [0.717, 1.165) is 19.3 Å². The van der Waals surface area contributed by atoms with E-state index in [2.05, 4.69) is 27.7 Å². The van der Waals surface area contributed by atoms with Crippen molar-refractivity contribution < 1.29 is 4.79 Å². The number of ketones is 1. The fourth-order valence-corrected chi connectivity index (χ4v) is 1.59. The summed E-state index contributed by atoms with van der Waals surface area (Å²) in [5.41, 5.74) is -0.106. The van der Waals surface area contributed by atoms with E-state index < -0.39 is 0 Å². The Morgan fingerprint density at radius 1 is 1.31 bits per heavy atom. The summed E-state index contributed by atoms with van der Waals surface area (Å²) in [7, 11) is 0. The van der Waals surface area contributed by atoms with E-state index in [1.807, 2.05) is 6.92 Å². The van der Waals surface area contributed by atoms with Crippen LogP contribution >= 0.6 is 0 Å². The highest BCUT2D eigenvalue weighted by Gasteiger charge is 2.29. The third kappa shape index (κ3) is 3.93. The van der Waals surface area contributed by atoms with Gasteiger partial charge in [-0.1, -0.05) is 47.5 Å². The first-order valence-electron chi connectivity index (χ1n) is 5.50. The number of carbonyl (C=O) groups excluding carboxylic acids is 1. The minimum atomic E-state index is -0.106. The molecule has 0 fully saturated rings. The average Bonchev–Trinajstić information content (AvgIpc) is 2.12. The first-order valence-corrected chi connectivity index (χ1v) is 5.50. The maximum Gasteiger partial charge on any atom is 0.141 e. The summed E-state index contributed by atoms with van der Waals surface area (Å²) in [4.78, 5) is 11.9. The molecule has 0 aromatic rings. The Labute approximate surface area is 82.9 Å². The molecule has 1 heteroatoms. The van der Waals surface area contributed by atoms with Gasteiger partial charge >= 0.3 is 0 Å². The molecule has 0 spiro atoms. The van der Waals surface area contributed by atoms with Crippen molar-refractivity contribution in [1.29, 1.82) is 0 Å². The van der Waals surface area contributed by atoms with Crippen LogP contribution in [0.25, 0.3) is 0 Å². The van der Waals surface area contributed by atoms with Gasteiger partial charge in [-0.2, -0.15) is 0 Å². The Morgan fingerprint density at radius 2 is 1.85 bits per heavy atom. The molecule has 0 heterocycles. The monoisotopic (exact) mass is 184 g/mol. The van der Waals surface area contributed by atoms with E-state index in [9.17, 15) is 4.79 Å². The summed E-state index contributed by atoms with van der Waals surface area (Å²) in [6, 6.07) is 0. The molecule has 0 saturated heterocycles. The topological polar surface area (TPSA) is 17.1 Å². The summed E-state index contributed by atoms with van der Waals surface area (Å²) >= 11 is 0. The van der Waals surface area contributed by atoms with Gasteiger partial charge in [0.1, 0.15) is 5.78 Å². The van der Waals surface area contributed by atoms with Crippen LogP contribution in [-0.2, 0) is 4.79 Å². The highest BCUT2D eigenvalue weighted by molar-refractivity contribution is 5.85. The Hall–Kier alpha value is -0.330. The Morgan fingerprint density at radius 3 is 2.23 bits per heavy atom. The molecule has 0 rings (SSSR count). The Kier molecular flexibility index (Phi) is 5.27. The average molecular weight is 184 g/mol. The first kappa shape index (κ1) is 12.7. The first-order chi connectivity index (χ1) is 5.95.